The lowest BCUT2D eigenvalue weighted by molar-refractivity contribution is -0.124. The Balaban J connectivity index is 1.42. The number of primary amides is 1. The minimum Gasteiger partial charge on any atom is -0.368 e. The maximum absolute atomic E-state index is 12.1. The van der Waals surface area contributed by atoms with E-state index in [4.69, 9.17) is 5.73 Å². The third-order valence-electron chi connectivity index (χ3n) is 5.91. The van der Waals surface area contributed by atoms with Crippen LogP contribution >= 0.6 is 0 Å². The molecular weight excluding hydrogens is 262 g/mol. The maximum atomic E-state index is 12.1. The third-order valence-corrected chi connectivity index (χ3v) is 5.91. The molecule has 118 valence electrons. The smallest absolute Gasteiger partial charge is 0.237 e. The summed E-state index contributed by atoms with van der Waals surface area (Å²) in [7, 11) is 0. The van der Waals surface area contributed by atoms with Gasteiger partial charge in [-0.2, -0.15) is 0 Å². The molecule has 2 atom stereocenters. The maximum Gasteiger partial charge on any atom is 0.237 e. The molecule has 4 rings (SSSR count). The molecule has 0 saturated heterocycles. The van der Waals surface area contributed by atoms with E-state index in [9.17, 15) is 4.79 Å². The van der Waals surface area contributed by atoms with E-state index in [1.807, 2.05) is 0 Å². The number of hydrogen-bond acceptors (Lipinski definition) is 3. The van der Waals surface area contributed by atoms with Crippen molar-refractivity contribution >= 4 is 5.91 Å². The molecule has 0 heterocycles. The number of nitrogens with zero attached hydrogens (tertiary/aromatic N) is 1. The van der Waals surface area contributed by atoms with E-state index in [0.29, 0.717) is 12.1 Å². The van der Waals surface area contributed by atoms with Crippen LogP contribution in [0.15, 0.2) is 0 Å². The van der Waals surface area contributed by atoms with Crippen LogP contribution in [0.1, 0.15) is 57.8 Å². The van der Waals surface area contributed by atoms with E-state index in [1.165, 1.54) is 51.6 Å². The van der Waals surface area contributed by atoms with Crippen LogP contribution in [0.4, 0.5) is 0 Å². The topological polar surface area (TPSA) is 58.4 Å². The molecule has 0 aliphatic heterocycles. The van der Waals surface area contributed by atoms with Crippen molar-refractivity contribution in [3.63, 3.8) is 0 Å². The number of carbonyl (C=O) groups excluding carboxylic acids is 1. The average Bonchev–Trinajstić information content (AvgIpc) is 3.26. The summed E-state index contributed by atoms with van der Waals surface area (Å²) in [5.74, 6) is 1.75. The van der Waals surface area contributed by atoms with Gasteiger partial charge >= 0.3 is 0 Å². The Hall–Kier alpha value is -0.610. The minimum absolute atomic E-state index is 0.116. The zero-order valence-corrected chi connectivity index (χ0v) is 13.0. The van der Waals surface area contributed by atoms with Crippen LogP contribution in [0, 0.1) is 11.8 Å². The standard InChI is InChI=1S/C17H29N3O/c18-16(21)17(19-14-5-6-14)8-7-15(9-17)20(10-12-1-2-12)11-13-3-4-13/h12-15,19H,1-11H2,(H2,18,21). The lowest BCUT2D eigenvalue weighted by Crippen LogP contribution is -2.55. The Morgan fingerprint density at radius 2 is 1.67 bits per heavy atom. The zero-order chi connectivity index (χ0) is 14.4. The first-order valence-electron chi connectivity index (χ1n) is 8.96. The summed E-state index contributed by atoms with van der Waals surface area (Å²) in [6, 6.07) is 1.13. The highest BCUT2D eigenvalue weighted by Gasteiger charge is 2.48. The third kappa shape index (κ3) is 3.26. The molecule has 4 saturated carbocycles. The lowest BCUT2D eigenvalue weighted by atomic mass is 9.95. The minimum atomic E-state index is -0.406. The van der Waals surface area contributed by atoms with Gasteiger partial charge in [0.25, 0.3) is 0 Å². The molecule has 0 aromatic rings. The molecule has 4 heteroatoms. The van der Waals surface area contributed by atoms with Crippen LogP contribution < -0.4 is 11.1 Å². The first kappa shape index (κ1) is 14.0. The molecule has 3 N–H and O–H groups in total. The van der Waals surface area contributed by atoms with Crippen LogP contribution in [-0.4, -0.2) is 41.5 Å². The van der Waals surface area contributed by atoms with Crippen molar-refractivity contribution in [3.05, 3.63) is 0 Å². The monoisotopic (exact) mass is 291 g/mol. The summed E-state index contributed by atoms with van der Waals surface area (Å²) in [6.45, 7) is 2.53. The number of nitrogens with two attached hydrogens (primary N) is 1. The van der Waals surface area contributed by atoms with E-state index < -0.39 is 5.54 Å². The zero-order valence-electron chi connectivity index (χ0n) is 13.0. The lowest BCUT2D eigenvalue weighted by Gasteiger charge is -2.32. The average molecular weight is 291 g/mol. The van der Waals surface area contributed by atoms with Gasteiger partial charge in [-0.05, 0) is 69.6 Å². The van der Waals surface area contributed by atoms with E-state index in [1.54, 1.807) is 0 Å². The molecule has 0 bridgehead atoms. The van der Waals surface area contributed by atoms with Crippen molar-refractivity contribution in [2.24, 2.45) is 17.6 Å². The Kier molecular flexibility index (Phi) is 3.49. The quantitative estimate of drug-likeness (QED) is 0.715. The largest absolute Gasteiger partial charge is 0.368 e. The Morgan fingerprint density at radius 1 is 1.05 bits per heavy atom. The van der Waals surface area contributed by atoms with Gasteiger partial charge in [-0.1, -0.05) is 0 Å². The van der Waals surface area contributed by atoms with Gasteiger partial charge in [-0.15, -0.1) is 0 Å². The summed E-state index contributed by atoms with van der Waals surface area (Å²) < 4.78 is 0. The summed E-state index contributed by atoms with van der Waals surface area (Å²) in [6.07, 6.45) is 11.1. The molecule has 0 spiro atoms. The molecular formula is C17H29N3O. The van der Waals surface area contributed by atoms with Gasteiger partial charge in [0.1, 0.15) is 0 Å². The SMILES string of the molecule is NC(=O)C1(NC2CC2)CCC(N(CC2CC2)CC2CC2)C1. The first-order valence-corrected chi connectivity index (χ1v) is 8.96. The molecule has 4 aliphatic rings. The van der Waals surface area contributed by atoms with Crippen LogP contribution in [0.3, 0.4) is 0 Å². The fraction of sp³-hybridized carbons (Fsp3) is 0.941. The van der Waals surface area contributed by atoms with Gasteiger partial charge < -0.3 is 11.1 Å². The van der Waals surface area contributed by atoms with Crippen molar-refractivity contribution in [1.29, 1.82) is 0 Å². The van der Waals surface area contributed by atoms with E-state index in [2.05, 4.69) is 10.2 Å². The Bertz CT molecular complexity index is 400. The molecule has 0 radical (unpaired) electrons. The van der Waals surface area contributed by atoms with Crippen LogP contribution in [-0.2, 0) is 4.79 Å². The second kappa shape index (κ2) is 5.24. The predicted molar refractivity (Wildman–Crippen MR) is 82.7 cm³/mol. The van der Waals surface area contributed by atoms with Crippen molar-refractivity contribution < 1.29 is 4.79 Å². The summed E-state index contributed by atoms with van der Waals surface area (Å²) in [5, 5.41) is 3.59. The van der Waals surface area contributed by atoms with Crippen LogP contribution in [0.5, 0.6) is 0 Å². The van der Waals surface area contributed by atoms with E-state index >= 15 is 0 Å². The molecule has 2 unspecified atom stereocenters. The molecule has 21 heavy (non-hydrogen) atoms. The van der Waals surface area contributed by atoms with Gasteiger partial charge in [0.15, 0.2) is 0 Å². The normalized spacial score (nSPS) is 36.3. The van der Waals surface area contributed by atoms with Crippen LogP contribution in [0.25, 0.3) is 0 Å². The number of hydrogen-bond donors (Lipinski definition) is 2. The highest BCUT2D eigenvalue weighted by atomic mass is 16.1. The molecule has 4 aliphatic carbocycles. The summed E-state index contributed by atoms with van der Waals surface area (Å²) >= 11 is 0. The molecule has 4 fully saturated rings. The van der Waals surface area contributed by atoms with E-state index in [-0.39, 0.29) is 5.91 Å². The summed E-state index contributed by atoms with van der Waals surface area (Å²) in [5.41, 5.74) is 5.37. The fourth-order valence-corrected chi connectivity index (χ4v) is 4.01. The number of amides is 1. The van der Waals surface area contributed by atoms with Crippen molar-refractivity contribution in [2.45, 2.75) is 75.4 Å². The number of nitrogens with one attached hydrogen (secondary N) is 1. The summed E-state index contributed by atoms with van der Waals surface area (Å²) in [4.78, 5) is 14.8. The van der Waals surface area contributed by atoms with Gasteiger partial charge in [-0.25, -0.2) is 0 Å². The van der Waals surface area contributed by atoms with Gasteiger partial charge in [0.2, 0.25) is 5.91 Å². The molecule has 0 aromatic heterocycles. The first-order chi connectivity index (χ1) is 10.1. The molecule has 4 nitrogen and oxygen atoms in total. The highest BCUT2D eigenvalue weighted by Crippen LogP contribution is 2.40. The van der Waals surface area contributed by atoms with Gasteiger partial charge in [0, 0.05) is 25.2 Å². The second-order valence-corrected chi connectivity index (χ2v) is 8.10. The fourth-order valence-electron chi connectivity index (χ4n) is 4.01. The number of carbonyl (C=O) groups is 1. The van der Waals surface area contributed by atoms with Crippen LogP contribution in [0.2, 0.25) is 0 Å². The molecule has 1 amide bonds. The van der Waals surface area contributed by atoms with Crippen molar-refractivity contribution in [1.82, 2.24) is 10.2 Å². The number of rotatable bonds is 8. The van der Waals surface area contributed by atoms with Gasteiger partial charge in [0.05, 0.1) is 5.54 Å². The van der Waals surface area contributed by atoms with Crippen molar-refractivity contribution in [2.75, 3.05) is 13.1 Å². The molecule has 0 aromatic carbocycles. The predicted octanol–water partition coefficient (Wildman–Crippen LogP) is 1.64. The highest BCUT2D eigenvalue weighted by molar-refractivity contribution is 5.85. The van der Waals surface area contributed by atoms with Gasteiger partial charge in [-0.3, -0.25) is 9.69 Å². The Labute approximate surface area is 127 Å². The van der Waals surface area contributed by atoms with E-state index in [0.717, 1.165) is 31.1 Å². The van der Waals surface area contributed by atoms with Crippen molar-refractivity contribution in [3.8, 4) is 0 Å². The second-order valence-electron chi connectivity index (χ2n) is 8.10. The Morgan fingerprint density at radius 3 is 2.14 bits per heavy atom.